The van der Waals surface area contributed by atoms with Crippen LogP contribution in [0.4, 0.5) is 4.39 Å². The summed E-state index contributed by atoms with van der Waals surface area (Å²) in [5.41, 5.74) is 2.82. The van der Waals surface area contributed by atoms with Crippen molar-refractivity contribution >= 4 is 17.6 Å². The highest BCUT2D eigenvalue weighted by Gasteiger charge is 2.22. The molecular formula is C18H16FN3O3. The lowest BCUT2D eigenvalue weighted by atomic mass is 10.0. The average molecular weight is 341 g/mol. The second-order valence-electron chi connectivity index (χ2n) is 5.40. The van der Waals surface area contributed by atoms with Gasteiger partial charge in [0.15, 0.2) is 5.75 Å². The quantitative estimate of drug-likeness (QED) is 0.817. The van der Waals surface area contributed by atoms with E-state index in [1.54, 1.807) is 38.3 Å². The summed E-state index contributed by atoms with van der Waals surface area (Å²) in [7, 11) is 0. The zero-order chi connectivity index (χ0) is 18.0. The molecule has 0 fully saturated rings. The number of aromatic nitrogens is 1. The van der Waals surface area contributed by atoms with E-state index in [0.29, 0.717) is 22.7 Å². The Morgan fingerprint density at radius 3 is 2.76 bits per heavy atom. The summed E-state index contributed by atoms with van der Waals surface area (Å²) in [4.78, 5) is 14.9. The lowest BCUT2D eigenvalue weighted by Gasteiger charge is -2.03. The topological polar surface area (TPSA) is 87.0 Å². The zero-order valence-corrected chi connectivity index (χ0v) is 13.7. The number of azo groups is 1. The first-order valence-electron chi connectivity index (χ1n) is 7.69. The van der Waals surface area contributed by atoms with Crippen molar-refractivity contribution in [1.82, 2.24) is 4.98 Å². The van der Waals surface area contributed by atoms with Gasteiger partial charge in [-0.05, 0) is 37.6 Å². The standard InChI is InChI=1S/C18H16FN3O3/c1-3-25-18(24)16-10(2)21-15(17(16)23)8-14-13(9-20-22-14)11-4-6-12(19)7-5-11/h4-9,21,23H,3H2,1-2H3/b14-8-. The maximum atomic E-state index is 13.1. The Labute approximate surface area is 143 Å². The number of nitrogens with one attached hydrogen (secondary N) is 1. The van der Waals surface area contributed by atoms with Gasteiger partial charge in [0, 0.05) is 11.3 Å². The molecule has 1 aliphatic heterocycles. The predicted molar refractivity (Wildman–Crippen MR) is 90.4 cm³/mol. The molecule has 1 aromatic heterocycles. The van der Waals surface area contributed by atoms with Crippen LogP contribution in [-0.2, 0) is 4.74 Å². The molecule has 0 unspecified atom stereocenters. The summed E-state index contributed by atoms with van der Waals surface area (Å²) in [6.07, 6.45) is 3.13. The van der Waals surface area contributed by atoms with E-state index in [2.05, 4.69) is 15.2 Å². The van der Waals surface area contributed by atoms with Crippen LogP contribution in [0, 0.1) is 12.7 Å². The van der Waals surface area contributed by atoms with Crippen molar-refractivity contribution < 1.29 is 19.0 Å². The number of hydrogen-bond acceptors (Lipinski definition) is 5. The number of benzene rings is 1. The van der Waals surface area contributed by atoms with Crippen LogP contribution in [-0.4, -0.2) is 22.7 Å². The van der Waals surface area contributed by atoms with Crippen molar-refractivity contribution in [2.24, 2.45) is 10.2 Å². The molecule has 0 saturated heterocycles. The Balaban J connectivity index is 1.96. The van der Waals surface area contributed by atoms with Gasteiger partial charge in [0.2, 0.25) is 0 Å². The van der Waals surface area contributed by atoms with Crippen LogP contribution in [0.1, 0.15) is 34.2 Å². The van der Waals surface area contributed by atoms with Crippen molar-refractivity contribution in [3.05, 3.63) is 64.5 Å². The highest BCUT2D eigenvalue weighted by molar-refractivity contribution is 5.96. The minimum Gasteiger partial charge on any atom is -0.505 e. The Morgan fingerprint density at radius 1 is 1.36 bits per heavy atom. The zero-order valence-electron chi connectivity index (χ0n) is 13.7. The van der Waals surface area contributed by atoms with Gasteiger partial charge in [-0.15, -0.1) is 0 Å². The molecule has 3 rings (SSSR count). The fourth-order valence-corrected chi connectivity index (χ4v) is 2.56. The van der Waals surface area contributed by atoms with Gasteiger partial charge in [0.05, 0.1) is 24.2 Å². The van der Waals surface area contributed by atoms with E-state index in [4.69, 9.17) is 4.74 Å². The SMILES string of the molecule is CCOC(=O)c1c(C)[nH]c(/C=C2\N=NC=C2c2ccc(F)cc2)c1O. The molecule has 0 atom stereocenters. The summed E-state index contributed by atoms with van der Waals surface area (Å²) in [6, 6.07) is 5.94. The van der Waals surface area contributed by atoms with Crippen LogP contribution in [0.15, 0.2) is 46.4 Å². The van der Waals surface area contributed by atoms with Gasteiger partial charge < -0.3 is 14.8 Å². The van der Waals surface area contributed by atoms with Gasteiger partial charge in [-0.3, -0.25) is 0 Å². The van der Waals surface area contributed by atoms with E-state index in [-0.39, 0.29) is 23.7 Å². The summed E-state index contributed by atoms with van der Waals surface area (Å²) in [5, 5.41) is 18.2. The van der Waals surface area contributed by atoms with E-state index in [0.717, 1.165) is 5.56 Å². The maximum absolute atomic E-state index is 13.1. The number of carbonyl (C=O) groups excluding carboxylic acids is 1. The summed E-state index contributed by atoms with van der Waals surface area (Å²) < 4.78 is 18.0. The first-order valence-corrected chi connectivity index (χ1v) is 7.69. The number of aryl methyl sites for hydroxylation is 1. The molecule has 2 heterocycles. The molecule has 1 aliphatic rings. The van der Waals surface area contributed by atoms with E-state index in [9.17, 15) is 14.3 Å². The number of hydrogen-bond donors (Lipinski definition) is 2. The molecule has 0 radical (unpaired) electrons. The molecule has 0 amide bonds. The lowest BCUT2D eigenvalue weighted by Crippen LogP contribution is -2.05. The second-order valence-corrected chi connectivity index (χ2v) is 5.40. The molecule has 0 spiro atoms. The van der Waals surface area contributed by atoms with E-state index < -0.39 is 5.97 Å². The summed E-state index contributed by atoms with van der Waals surface area (Å²) >= 11 is 0. The molecule has 128 valence electrons. The minimum atomic E-state index is -0.597. The Kier molecular flexibility index (Phi) is 4.47. The van der Waals surface area contributed by atoms with Crippen molar-refractivity contribution in [3.8, 4) is 5.75 Å². The second kappa shape index (κ2) is 6.72. The predicted octanol–water partition coefficient (Wildman–Crippen LogP) is 4.19. The van der Waals surface area contributed by atoms with E-state index in [1.165, 1.54) is 12.1 Å². The highest BCUT2D eigenvalue weighted by atomic mass is 19.1. The highest BCUT2D eigenvalue weighted by Crippen LogP contribution is 2.34. The largest absolute Gasteiger partial charge is 0.505 e. The van der Waals surface area contributed by atoms with Crippen molar-refractivity contribution in [2.45, 2.75) is 13.8 Å². The van der Waals surface area contributed by atoms with Crippen LogP contribution in [0.2, 0.25) is 0 Å². The minimum absolute atomic E-state index is 0.0935. The van der Waals surface area contributed by atoms with Gasteiger partial charge in [-0.2, -0.15) is 10.2 Å². The molecular weight excluding hydrogens is 325 g/mol. The number of nitrogens with zero attached hydrogens (tertiary/aromatic N) is 2. The number of rotatable bonds is 4. The normalized spacial score (nSPS) is 14.8. The molecule has 0 saturated carbocycles. The fraction of sp³-hybridized carbons (Fsp3) is 0.167. The summed E-state index contributed by atoms with van der Waals surface area (Å²) in [5.74, 6) is -1.14. The smallest absolute Gasteiger partial charge is 0.343 e. The molecule has 0 bridgehead atoms. The van der Waals surface area contributed by atoms with Gasteiger partial charge in [0.25, 0.3) is 0 Å². The Bertz CT molecular complexity index is 908. The Morgan fingerprint density at radius 2 is 2.08 bits per heavy atom. The van der Waals surface area contributed by atoms with Gasteiger partial charge in [-0.1, -0.05) is 12.1 Å². The van der Waals surface area contributed by atoms with E-state index >= 15 is 0 Å². The van der Waals surface area contributed by atoms with Crippen LogP contribution in [0.3, 0.4) is 0 Å². The van der Waals surface area contributed by atoms with Gasteiger partial charge in [0.1, 0.15) is 11.4 Å². The number of esters is 1. The number of aromatic hydroxyl groups is 1. The first kappa shape index (κ1) is 16.6. The molecule has 2 aromatic rings. The van der Waals surface area contributed by atoms with Crippen molar-refractivity contribution in [2.75, 3.05) is 6.61 Å². The monoisotopic (exact) mass is 341 g/mol. The van der Waals surface area contributed by atoms with Crippen molar-refractivity contribution in [3.63, 3.8) is 0 Å². The number of H-pyrrole nitrogens is 1. The molecule has 1 aromatic carbocycles. The van der Waals surface area contributed by atoms with Gasteiger partial charge >= 0.3 is 5.97 Å². The first-order chi connectivity index (χ1) is 12.0. The third-order valence-corrected chi connectivity index (χ3v) is 3.73. The van der Waals surface area contributed by atoms with Crippen molar-refractivity contribution in [1.29, 1.82) is 0 Å². The van der Waals surface area contributed by atoms with Crippen LogP contribution in [0.25, 0.3) is 11.6 Å². The lowest BCUT2D eigenvalue weighted by molar-refractivity contribution is 0.0522. The number of allylic oxidation sites excluding steroid dienone is 1. The number of carbonyl (C=O) groups is 1. The van der Waals surface area contributed by atoms with Gasteiger partial charge in [-0.25, -0.2) is 9.18 Å². The molecule has 2 N–H and O–H groups in total. The Hall–Kier alpha value is -3.22. The average Bonchev–Trinajstić information content (AvgIpc) is 3.14. The van der Waals surface area contributed by atoms with Crippen LogP contribution in [0.5, 0.6) is 5.75 Å². The van der Waals surface area contributed by atoms with E-state index in [1.807, 2.05) is 0 Å². The van der Waals surface area contributed by atoms with Crippen LogP contribution < -0.4 is 0 Å². The molecule has 7 heteroatoms. The summed E-state index contributed by atoms with van der Waals surface area (Å²) in [6.45, 7) is 3.57. The molecule has 6 nitrogen and oxygen atoms in total. The van der Waals surface area contributed by atoms with Crippen LogP contribution >= 0.6 is 0 Å². The number of ether oxygens (including phenoxy) is 1. The number of halogens is 1. The maximum Gasteiger partial charge on any atom is 0.343 e. The third kappa shape index (κ3) is 3.21. The third-order valence-electron chi connectivity index (χ3n) is 3.73. The molecule has 0 aliphatic carbocycles. The number of aromatic amines is 1. The molecule has 25 heavy (non-hydrogen) atoms. The fourth-order valence-electron chi connectivity index (χ4n) is 2.56.